The third-order valence-corrected chi connectivity index (χ3v) is 2.60. The Kier molecular flexibility index (Phi) is 2.36. The molecule has 1 rings (SSSR count). The highest BCUT2D eigenvalue weighted by Gasteiger charge is 2.11. The highest BCUT2D eigenvalue weighted by molar-refractivity contribution is 5.76. The molecule has 0 N–H and O–H groups in total. The molecular formula is C10H15NO. The first kappa shape index (κ1) is 9.04. The van der Waals surface area contributed by atoms with E-state index in [4.69, 9.17) is 0 Å². The molecule has 12 heavy (non-hydrogen) atoms. The van der Waals surface area contributed by atoms with E-state index >= 15 is 0 Å². The summed E-state index contributed by atoms with van der Waals surface area (Å²) in [5.74, 6) is 0. The van der Waals surface area contributed by atoms with E-state index in [0.717, 1.165) is 24.0 Å². The summed E-state index contributed by atoms with van der Waals surface area (Å²) in [5, 5.41) is 0. The van der Waals surface area contributed by atoms with E-state index in [-0.39, 0.29) is 0 Å². The smallest absolute Gasteiger partial charge is 0.166 e. The molecule has 0 aliphatic rings. The van der Waals surface area contributed by atoms with Crippen LogP contribution in [0.5, 0.6) is 0 Å². The maximum absolute atomic E-state index is 10.7. The lowest BCUT2D eigenvalue weighted by Gasteiger charge is -1.98. The summed E-state index contributed by atoms with van der Waals surface area (Å²) in [4.78, 5) is 10.7. The lowest BCUT2D eigenvalue weighted by atomic mass is 10.1. The maximum Gasteiger partial charge on any atom is 0.166 e. The van der Waals surface area contributed by atoms with E-state index in [9.17, 15) is 4.79 Å². The predicted molar refractivity (Wildman–Crippen MR) is 49.7 cm³/mol. The molecule has 0 atom stereocenters. The molecule has 0 amide bonds. The fraction of sp³-hybridized carbons (Fsp3) is 0.500. The van der Waals surface area contributed by atoms with Crippen LogP contribution < -0.4 is 0 Å². The lowest BCUT2D eigenvalue weighted by Crippen LogP contribution is -1.97. The van der Waals surface area contributed by atoms with Crippen LogP contribution >= 0.6 is 0 Å². The zero-order valence-corrected chi connectivity index (χ0v) is 8.14. The number of rotatable bonds is 2. The summed E-state index contributed by atoms with van der Waals surface area (Å²) in [6.07, 6.45) is 1.93. The molecule has 1 heterocycles. The largest absolute Gasteiger partial charge is 0.345 e. The minimum absolute atomic E-state index is 0.810. The van der Waals surface area contributed by atoms with Gasteiger partial charge >= 0.3 is 0 Å². The van der Waals surface area contributed by atoms with Crippen LogP contribution in [0.4, 0.5) is 0 Å². The fourth-order valence-electron chi connectivity index (χ4n) is 1.75. The summed E-state index contributed by atoms with van der Waals surface area (Å²) in [7, 11) is 1.94. The van der Waals surface area contributed by atoms with Gasteiger partial charge in [-0.05, 0) is 31.4 Å². The van der Waals surface area contributed by atoms with Crippen molar-refractivity contribution in [3.63, 3.8) is 0 Å². The number of aldehydes is 1. The maximum atomic E-state index is 10.7. The van der Waals surface area contributed by atoms with E-state index in [1.165, 1.54) is 11.3 Å². The normalized spacial score (nSPS) is 10.3. The number of nitrogens with zero attached hydrogens (tertiary/aromatic N) is 1. The third kappa shape index (κ3) is 1.07. The number of hydrogen-bond acceptors (Lipinski definition) is 1. The molecule has 0 unspecified atom stereocenters. The van der Waals surface area contributed by atoms with Gasteiger partial charge in [-0.1, -0.05) is 6.92 Å². The quantitative estimate of drug-likeness (QED) is 0.614. The first-order valence-corrected chi connectivity index (χ1v) is 4.23. The van der Waals surface area contributed by atoms with Gasteiger partial charge in [-0.2, -0.15) is 0 Å². The summed E-state index contributed by atoms with van der Waals surface area (Å²) >= 11 is 0. The van der Waals surface area contributed by atoms with E-state index in [1.54, 1.807) is 0 Å². The Morgan fingerprint density at radius 1 is 1.42 bits per heavy atom. The monoisotopic (exact) mass is 165 g/mol. The van der Waals surface area contributed by atoms with Crippen LogP contribution in [-0.2, 0) is 13.5 Å². The molecule has 1 aromatic rings. The van der Waals surface area contributed by atoms with Gasteiger partial charge in [0.2, 0.25) is 0 Å². The molecule has 0 bridgehead atoms. The molecule has 0 saturated carbocycles. The van der Waals surface area contributed by atoms with Gasteiger partial charge in [0.25, 0.3) is 0 Å². The summed E-state index contributed by atoms with van der Waals surface area (Å²) < 4.78 is 1.96. The van der Waals surface area contributed by atoms with Crippen LogP contribution in [0, 0.1) is 13.8 Å². The van der Waals surface area contributed by atoms with Crippen molar-refractivity contribution in [1.82, 2.24) is 4.57 Å². The molecule has 0 saturated heterocycles. The molecule has 1 aromatic heterocycles. The minimum atomic E-state index is 0.810. The Morgan fingerprint density at radius 2 is 2.00 bits per heavy atom. The van der Waals surface area contributed by atoms with Gasteiger partial charge in [-0.3, -0.25) is 4.79 Å². The third-order valence-electron chi connectivity index (χ3n) is 2.60. The summed E-state index contributed by atoms with van der Waals surface area (Å²) in [5.41, 5.74) is 4.45. The van der Waals surface area contributed by atoms with Gasteiger partial charge in [0, 0.05) is 12.7 Å². The van der Waals surface area contributed by atoms with Gasteiger partial charge in [-0.15, -0.1) is 0 Å². The molecule has 0 radical (unpaired) electrons. The molecule has 2 nitrogen and oxygen atoms in total. The highest BCUT2D eigenvalue weighted by Crippen LogP contribution is 2.19. The SMILES string of the molecule is CCc1c(C)c(C=O)n(C)c1C. The second kappa shape index (κ2) is 3.13. The topological polar surface area (TPSA) is 22.0 Å². The van der Waals surface area contributed by atoms with Crippen molar-refractivity contribution in [1.29, 1.82) is 0 Å². The second-order valence-electron chi connectivity index (χ2n) is 3.10. The van der Waals surface area contributed by atoms with E-state index in [2.05, 4.69) is 13.8 Å². The highest BCUT2D eigenvalue weighted by atomic mass is 16.1. The van der Waals surface area contributed by atoms with Crippen molar-refractivity contribution in [2.45, 2.75) is 27.2 Å². The second-order valence-corrected chi connectivity index (χ2v) is 3.10. The predicted octanol–water partition coefficient (Wildman–Crippen LogP) is 2.02. The van der Waals surface area contributed by atoms with Crippen LogP contribution in [-0.4, -0.2) is 10.9 Å². The number of hydrogen-bond donors (Lipinski definition) is 0. The Bertz CT molecular complexity index is 310. The molecule has 0 aliphatic heterocycles. The summed E-state index contributed by atoms with van der Waals surface area (Å²) in [6.45, 7) is 6.18. The van der Waals surface area contributed by atoms with E-state index < -0.39 is 0 Å². The number of carbonyl (C=O) groups excluding carboxylic acids is 1. The first-order chi connectivity index (χ1) is 5.63. The van der Waals surface area contributed by atoms with Crippen molar-refractivity contribution in [2.24, 2.45) is 7.05 Å². The van der Waals surface area contributed by atoms with Gasteiger partial charge in [-0.25, -0.2) is 0 Å². The molecule has 0 aliphatic carbocycles. The zero-order valence-electron chi connectivity index (χ0n) is 8.14. The van der Waals surface area contributed by atoms with E-state index in [1.807, 2.05) is 18.5 Å². The molecular weight excluding hydrogens is 150 g/mol. The van der Waals surface area contributed by atoms with Crippen molar-refractivity contribution in [3.8, 4) is 0 Å². The van der Waals surface area contributed by atoms with Gasteiger partial charge in [0.1, 0.15) is 0 Å². The number of aromatic nitrogens is 1. The molecule has 2 heteroatoms. The fourth-order valence-corrected chi connectivity index (χ4v) is 1.75. The molecule has 0 aromatic carbocycles. The van der Waals surface area contributed by atoms with Crippen molar-refractivity contribution >= 4 is 6.29 Å². The van der Waals surface area contributed by atoms with Crippen LogP contribution in [0.25, 0.3) is 0 Å². The van der Waals surface area contributed by atoms with Crippen LogP contribution in [0.3, 0.4) is 0 Å². The van der Waals surface area contributed by atoms with Crippen LogP contribution in [0.1, 0.15) is 34.2 Å². The van der Waals surface area contributed by atoms with Crippen LogP contribution in [0.2, 0.25) is 0 Å². The molecule has 66 valence electrons. The Morgan fingerprint density at radius 3 is 2.25 bits per heavy atom. The summed E-state index contributed by atoms with van der Waals surface area (Å²) in [6, 6.07) is 0. The number of carbonyl (C=O) groups is 1. The Hall–Kier alpha value is -1.05. The lowest BCUT2D eigenvalue weighted by molar-refractivity contribution is 0.111. The van der Waals surface area contributed by atoms with Gasteiger partial charge in [0.05, 0.1) is 5.69 Å². The average molecular weight is 165 g/mol. The minimum Gasteiger partial charge on any atom is -0.345 e. The van der Waals surface area contributed by atoms with Gasteiger partial charge in [0.15, 0.2) is 6.29 Å². The Balaban J connectivity index is 3.42. The zero-order chi connectivity index (χ0) is 9.30. The first-order valence-electron chi connectivity index (χ1n) is 4.23. The Labute approximate surface area is 73.2 Å². The van der Waals surface area contributed by atoms with Gasteiger partial charge < -0.3 is 4.57 Å². The molecule has 0 fully saturated rings. The van der Waals surface area contributed by atoms with Crippen LogP contribution in [0.15, 0.2) is 0 Å². The van der Waals surface area contributed by atoms with Crippen molar-refractivity contribution < 1.29 is 4.79 Å². The standard InChI is InChI=1S/C10H15NO/c1-5-9-7(2)10(6-12)11(4)8(9)3/h6H,5H2,1-4H3. The van der Waals surface area contributed by atoms with E-state index in [0.29, 0.717) is 0 Å². The molecule has 0 spiro atoms. The average Bonchev–Trinajstić information content (AvgIpc) is 2.25. The van der Waals surface area contributed by atoms with Crippen molar-refractivity contribution in [3.05, 3.63) is 22.5 Å². The van der Waals surface area contributed by atoms with Crippen molar-refractivity contribution in [2.75, 3.05) is 0 Å².